The van der Waals surface area contributed by atoms with E-state index in [1.807, 2.05) is 31.4 Å². The molecular formula is C59H62N4O. The summed E-state index contributed by atoms with van der Waals surface area (Å²) in [7, 11) is 2.01. The highest BCUT2D eigenvalue weighted by atomic mass is 16.3. The summed E-state index contributed by atoms with van der Waals surface area (Å²) in [5.74, 6) is 0.936. The molecule has 9 aromatic rings. The number of phenols is 1. The Morgan fingerprint density at radius 1 is 0.469 bits per heavy atom. The van der Waals surface area contributed by atoms with Gasteiger partial charge in [-0.15, -0.1) is 0 Å². The molecule has 0 spiro atoms. The average Bonchev–Trinajstić information content (AvgIpc) is 3.76. The molecule has 0 bridgehead atoms. The molecule has 0 aliphatic carbocycles. The smallest absolute Gasteiger partial charge is 0.144 e. The summed E-state index contributed by atoms with van der Waals surface area (Å²) in [5.41, 5.74) is 17.6. The topological polar surface area (TPSA) is 55.9 Å². The lowest BCUT2D eigenvalue weighted by Gasteiger charge is -2.27. The van der Waals surface area contributed by atoms with Crippen molar-refractivity contribution >= 4 is 32.8 Å². The monoisotopic (exact) mass is 842 g/mol. The second-order valence-electron chi connectivity index (χ2n) is 22.0. The summed E-state index contributed by atoms with van der Waals surface area (Å²) in [6.07, 6.45) is 1.97. The minimum absolute atomic E-state index is 0.0115. The number of aryl methyl sites for hydroxylation is 1. The minimum Gasteiger partial charge on any atom is -0.507 e. The molecule has 0 aliphatic heterocycles. The lowest BCUT2D eigenvalue weighted by atomic mass is 9.80. The first kappa shape index (κ1) is 42.8. The third kappa shape index (κ3) is 7.59. The van der Waals surface area contributed by atoms with E-state index < -0.39 is 0 Å². The first-order valence-electron chi connectivity index (χ1n) is 22.7. The number of aromatic hydroxyl groups is 1. The minimum atomic E-state index is -0.0969. The third-order valence-electron chi connectivity index (χ3n) is 13.1. The molecule has 324 valence electrons. The van der Waals surface area contributed by atoms with Crippen molar-refractivity contribution in [3.8, 4) is 56.3 Å². The fourth-order valence-corrected chi connectivity index (χ4v) is 9.10. The molecule has 0 atom stereocenters. The van der Waals surface area contributed by atoms with Crippen molar-refractivity contribution in [3.63, 3.8) is 0 Å². The average molecular weight is 843 g/mol. The van der Waals surface area contributed by atoms with Gasteiger partial charge in [-0.05, 0) is 128 Å². The van der Waals surface area contributed by atoms with Crippen molar-refractivity contribution in [2.45, 2.75) is 105 Å². The number of nitrogens with zero attached hydrogens (tertiary/aromatic N) is 4. The van der Waals surface area contributed by atoms with Crippen LogP contribution in [0.5, 0.6) is 5.75 Å². The highest BCUT2D eigenvalue weighted by Crippen LogP contribution is 2.45. The van der Waals surface area contributed by atoms with Gasteiger partial charge in [0, 0.05) is 46.4 Å². The second kappa shape index (κ2) is 15.1. The molecule has 3 heterocycles. The van der Waals surface area contributed by atoms with Crippen molar-refractivity contribution in [1.82, 2.24) is 19.1 Å². The summed E-state index contributed by atoms with van der Waals surface area (Å²) >= 11 is 0. The predicted molar refractivity (Wildman–Crippen MR) is 271 cm³/mol. The van der Waals surface area contributed by atoms with Gasteiger partial charge in [-0.2, -0.15) is 0 Å². The molecule has 1 N–H and O–H groups in total. The lowest BCUT2D eigenvalue weighted by Crippen LogP contribution is -2.17. The normalized spacial score (nSPS) is 12.8. The van der Waals surface area contributed by atoms with E-state index >= 15 is 0 Å². The Bertz CT molecular complexity index is 3240. The molecule has 0 saturated carbocycles. The largest absolute Gasteiger partial charge is 0.507 e. The van der Waals surface area contributed by atoms with Crippen LogP contribution in [0.4, 0.5) is 0 Å². The molecule has 3 aromatic heterocycles. The molecule has 64 heavy (non-hydrogen) atoms. The first-order chi connectivity index (χ1) is 30.1. The van der Waals surface area contributed by atoms with Crippen LogP contribution < -0.4 is 0 Å². The van der Waals surface area contributed by atoms with Crippen LogP contribution in [0.2, 0.25) is 0 Å². The van der Waals surface area contributed by atoms with Crippen LogP contribution in [-0.2, 0) is 28.7 Å². The zero-order valence-corrected chi connectivity index (χ0v) is 39.9. The van der Waals surface area contributed by atoms with Gasteiger partial charge in [0.25, 0.3) is 0 Å². The maximum Gasteiger partial charge on any atom is 0.144 e. The van der Waals surface area contributed by atoms with Crippen molar-refractivity contribution in [2.24, 2.45) is 7.05 Å². The summed E-state index contributed by atoms with van der Waals surface area (Å²) in [4.78, 5) is 10.2. The molecule has 0 saturated heterocycles. The van der Waals surface area contributed by atoms with Gasteiger partial charge < -0.3 is 14.2 Å². The van der Waals surface area contributed by atoms with Gasteiger partial charge in [-0.25, -0.2) is 4.98 Å². The maximum atomic E-state index is 10.7. The molecule has 9 rings (SSSR count). The number of hydrogen-bond donors (Lipinski definition) is 1. The van der Waals surface area contributed by atoms with E-state index in [1.54, 1.807) is 6.07 Å². The summed E-state index contributed by atoms with van der Waals surface area (Å²) in [6.45, 7) is 27.8. The highest BCUT2D eigenvalue weighted by molar-refractivity contribution is 6.14. The van der Waals surface area contributed by atoms with E-state index in [9.17, 15) is 5.11 Å². The van der Waals surface area contributed by atoms with Crippen LogP contribution >= 0.6 is 0 Å². The number of pyridine rings is 1. The Hall–Kier alpha value is -6.46. The lowest BCUT2D eigenvalue weighted by molar-refractivity contribution is 0.476. The summed E-state index contributed by atoms with van der Waals surface area (Å²) < 4.78 is 4.60. The number of phenolic OH excluding ortho intramolecular Hbond substituents is 1. The molecule has 0 fully saturated rings. The van der Waals surface area contributed by atoms with E-state index in [0.29, 0.717) is 5.56 Å². The number of fused-ring (bicyclic) bond motifs is 4. The van der Waals surface area contributed by atoms with Crippen LogP contribution in [0.15, 0.2) is 134 Å². The molecule has 0 amide bonds. The molecule has 0 aliphatic rings. The van der Waals surface area contributed by atoms with Crippen LogP contribution in [0.3, 0.4) is 0 Å². The number of rotatable bonds is 5. The Morgan fingerprint density at radius 3 is 1.73 bits per heavy atom. The quantitative estimate of drug-likeness (QED) is 0.188. The van der Waals surface area contributed by atoms with Crippen molar-refractivity contribution in [2.75, 3.05) is 0 Å². The van der Waals surface area contributed by atoms with E-state index in [1.165, 1.54) is 55.3 Å². The second-order valence-corrected chi connectivity index (χ2v) is 22.0. The van der Waals surface area contributed by atoms with Gasteiger partial charge in [0.05, 0.1) is 33.3 Å². The number of imidazole rings is 1. The Labute approximate surface area is 379 Å². The van der Waals surface area contributed by atoms with Crippen molar-refractivity contribution in [3.05, 3.63) is 156 Å². The van der Waals surface area contributed by atoms with Gasteiger partial charge in [0.15, 0.2) is 0 Å². The summed E-state index contributed by atoms with van der Waals surface area (Å²) in [6, 6.07) is 46.0. The molecule has 5 heteroatoms. The predicted octanol–water partition coefficient (Wildman–Crippen LogP) is 15.6. The van der Waals surface area contributed by atoms with Crippen LogP contribution in [0, 0.1) is 0 Å². The van der Waals surface area contributed by atoms with E-state index in [0.717, 1.165) is 44.8 Å². The van der Waals surface area contributed by atoms with Gasteiger partial charge in [-0.1, -0.05) is 138 Å². The Morgan fingerprint density at radius 2 is 1.06 bits per heavy atom. The highest BCUT2D eigenvalue weighted by Gasteiger charge is 2.27. The SMILES string of the molecule is Cn1c(-c2ccccc2O)nc2c(-c3cccc(-c4cc(-c5cc(C(C)(C)C)cc6c7cc(C(C)(C)C)ccc7n(-c7cc(C(C)(C)C)cc(C(C)(C)C)c7)c56)ccn4)c3)cccc21. The number of benzene rings is 6. The fourth-order valence-electron chi connectivity index (χ4n) is 9.10. The fraction of sp³-hybridized carbons (Fsp3) is 0.288. The number of para-hydroxylation sites is 2. The Balaban J connectivity index is 1.28. The van der Waals surface area contributed by atoms with Gasteiger partial charge in [0.1, 0.15) is 11.6 Å². The number of hydrogen-bond acceptors (Lipinski definition) is 3. The van der Waals surface area contributed by atoms with Crippen LogP contribution in [0.25, 0.3) is 83.4 Å². The van der Waals surface area contributed by atoms with Gasteiger partial charge in [0.2, 0.25) is 0 Å². The molecule has 6 aromatic carbocycles. The van der Waals surface area contributed by atoms with E-state index in [4.69, 9.17) is 9.97 Å². The molecular weight excluding hydrogens is 781 g/mol. The van der Waals surface area contributed by atoms with Gasteiger partial charge >= 0.3 is 0 Å². The third-order valence-corrected chi connectivity index (χ3v) is 13.1. The van der Waals surface area contributed by atoms with Crippen LogP contribution in [-0.4, -0.2) is 24.2 Å². The molecule has 0 radical (unpaired) electrons. The van der Waals surface area contributed by atoms with Crippen molar-refractivity contribution < 1.29 is 5.11 Å². The molecule has 5 nitrogen and oxygen atoms in total. The first-order valence-corrected chi connectivity index (χ1v) is 22.7. The number of aromatic nitrogens is 4. The summed E-state index contributed by atoms with van der Waals surface area (Å²) in [5, 5.41) is 13.3. The Kier molecular flexibility index (Phi) is 10.1. The van der Waals surface area contributed by atoms with E-state index in [-0.39, 0.29) is 27.4 Å². The zero-order valence-electron chi connectivity index (χ0n) is 39.9. The molecule has 0 unspecified atom stereocenters. The maximum absolute atomic E-state index is 10.7. The van der Waals surface area contributed by atoms with E-state index in [2.05, 4.69) is 195 Å². The van der Waals surface area contributed by atoms with Crippen molar-refractivity contribution in [1.29, 1.82) is 0 Å². The standard InChI is InChI=1S/C59H62N4O/c1-56(2,3)39-24-25-50-47(33-39)48-35-42(59(10,11)12)34-46(54(48)63(50)43-31-40(57(4,5)6)30-41(32-43)58(7,8)9)37-26-27-60-49(29-37)38-19-16-18-36(28-38)44-21-17-22-51-53(44)61-55(62(51)13)45-20-14-15-23-52(45)64/h14-35,64H,1-13H3. The van der Waals surface area contributed by atoms with Crippen LogP contribution in [0.1, 0.15) is 105 Å². The zero-order chi connectivity index (χ0) is 45.7. The van der Waals surface area contributed by atoms with Gasteiger partial charge in [-0.3, -0.25) is 4.98 Å².